The normalized spacial score (nSPS) is 19.1. The Morgan fingerprint density at radius 1 is 1.10 bits per heavy atom. The molecule has 2 heterocycles. The van der Waals surface area contributed by atoms with E-state index in [1.165, 1.54) is 6.07 Å². The van der Waals surface area contributed by atoms with E-state index in [2.05, 4.69) is 5.32 Å². The summed E-state index contributed by atoms with van der Waals surface area (Å²) in [4.78, 5) is 29.0. The average molecular weight is 425 g/mol. The first-order chi connectivity index (χ1) is 14.3. The molecule has 1 aromatic carbocycles. The number of nitrogens with zero attached hydrogens (tertiary/aromatic N) is 2. The van der Waals surface area contributed by atoms with Crippen molar-refractivity contribution in [1.29, 1.82) is 0 Å². The molecule has 3 amide bonds. The molecule has 0 saturated carbocycles. The largest absolute Gasteiger partial charge is 0.416 e. The number of likely N-dealkylation sites (tertiary alicyclic amines) is 2. The van der Waals surface area contributed by atoms with Crippen molar-refractivity contribution in [2.75, 3.05) is 26.2 Å². The van der Waals surface area contributed by atoms with Gasteiger partial charge in [-0.1, -0.05) is 25.5 Å². The second-order valence-corrected chi connectivity index (χ2v) is 8.21. The summed E-state index contributed by atoms with van der Waals surface area (Å²) >= 11 is 0. The number of rotatable bonds is 5. The van der Waals surface area contributed by atoms with Crippen LogP contribution in [0.4, 0.5) is 18.0 Å². The summed E-state index contributed by atoms with van der Waals surface area (Å²) in [6.45, 7) is 4.62. The number of benzene rings is 1. The van der Waals surface area contributed by atoms with E-state index in [9.17, 15) is 22.8 Å². The number of hydrogen-bond acceptors (Lipinski definition) is 2. The first-order valence-electron chi connectivity index (χ1n) is 10.8. The molecule has 1 N–H and O–H groups in total. The van der Waals surface area contributed by atoms with E-state index in [0.717, 1.165) is 44.5 Å². The quantitative estimate of drug-likeness (QED) is 0.750. The Morgan fingerprint density at radius 2 is 1.73 bits per heavy atom. The molecule has 8 heteroatoms. The lowest BCUT2D eigenvalue weighted by Gasteiger charge is -2.34. The molecule has 0 aromatic heterocycles. The first kappa shape index (κ1) is 22.4. The van der Waals surface area contributed by atoms with E-state index in [1.54, 1.807) is 6.07 Å². The van der Waals surface area contributed by atoms with Crippen LogP contribution < -0.4 is 5.32 Å². The average Bonchev–Trinajstić information content (AvgIpc) is 3.27. The Bertz CT molecular complexity index is 739. The first-order valence-corrected chi connectivity index (χ1v) is 10.8. The minimum absolute atomic E-state index is 0.0548. The van der Waals surface area contributed by atoms with Crippen LogP contribution in [0.3, 0.4) is 0 Å². The number of hydrogen-bond donors (Lipinski definition) is 1. The number of urea groups is 1. The third kappa shape index (κ3) is 5.46. The van der Waals surface area contributed by atoms with E-state index in [4.69, 9.17) is 0 Å². The van der Waals surface area contributed by atoms with Crippen molar-refractivity contribution in [2.45, 2.75) is 57.7 Å². The Morgan fingerprint density at radius 3 is 2.33 bits per heavy atom. The third-order valence-corrected chi connectivity index (χ3v) is 6.02. The monoisotopic (exact) mass is 425 g/mol. The standard InChI is InChI=1S/C22H30F3N3O2/c1-2-6-19(17-7-5-8-18(15-17)22(23,24)25)26-20(29)16-9-13-28(14-10-16)21(30)27-11-3-4-12-27/h5,7-8,15-16,19H,2-4,6,9-14H2,1H3,(H,26,29). The van der Waals surface area contributed by atoms with Crippen molar-refractivity contribution in [3.8, 4) is 0 Å². The van der Waals surface area contributed by atoms with Gasteiger partial charge in [0.05, 0.1) is 11.6 Å². The van der Waals surface area contributed by atoms with Gasteiger partial charge in [-0.15, -0.1) is 0 Å². The zero-order chi connectivity index (χ0) is 21.7. The van der Waals surface area contributed by atoms with Crippen molar-refractivity contribution in [3.63, 3.8) is 0 Å². The molecule has 1 unspecified atom stereocenters. The summed E-state index contributed by atoms with van der Waals surface area (Å²) in [6, 6.07) is 4.79. The summed E-state index contributed by atoms with van der Waals surface area (Å²) in [5.41, 5.74) is -0.231. The van der Waals surface area contributed by atoms with Crippen LogP contribution in [-0.2, 0) is 11.0 Å². The van der Waals surface area contributed by atoms with Crippen molar-refractivity contribution < 1.29 is 22.8 Å². The van der Waals surface area contributed by atoms with Crippen LogP contribution >= 0.6 is 0 Å². The molecule has 0 radical (unpaired) electrons. The molecule has 166 valence electrons. The molecule has 2 aliphatic rings. The molecule has 2 saturated heterocycles. The molecule has 0 aliphatic carbocycles. The molecule has 0 spiro atoms. The second-order valence-electron chi connectivity index (χ2n) is 8.21. The molecule has 5 nitrogen and oxygen atoms in total. The lowest BCUT2D eigenvalue weighted by Crippen LogP contribution is -2.48. The van der Waals surface area contributed by atoms with Crippen LogP contribution in [0.5, 0.6) is 0 Å². The fraction of sp³-hybridized carbons (Fsp3) is 0.636. The number of carbonyl (C=O) groups excluding carboxylic acids is 2. The lowest BCUT2D eigenvalue weighted by molar-refractivity contribution is -0.137. The molecule has 2 aliphatic heterocycles. The Balaban J connectivity index is 1.59. The molecule has 0 bridgehead atoms. The molecular weight excluding hydrogens is 395 g/mol. The number of amides is 3. The van der Waals surface area contributed by atoms with E-state index in [-0.39, 0.29) is 17.9 Å². The zero-order valence-corrected chi connectivity index (χ0v) is 17.4. The van der Waals surface area contributed by atoms with E-state index in [1.807, 2.05) is 16.7 Å². The highest BCUT2D eigenvalue weighted by Crippen LogP contribution is 2.32. The maximum atomic E-state index is 13.1. The zero-order valence-electron chi connectivity index (χ0n) is 17.4. The smallest absolute Gasteiger partial charge is 0.349 e. The summed E-state index contributed by atoms with van der Waals surface area (Å²) < 4.78 is 39.2. The molecule has 3 rings (SSSR count). The summed E-state index contributed by atoms with van der Waals surface area (Å²) in [6.07, 6.45) is 0.131. The molecular formula is C22H30F3N3O2. The van der Waals surface area contributed by atoms with E-state index < -0.39 is 17.8 Å². The van der Waals surface area contributed by atoms with Crippen LogP contribution in [0.1, 0.15) is 62.6 Å². The number of nitrogens with one attached hydrogen (secondary N) is 1. The van der Waals surface area contributed by atoms with Gasteiger partial charge in [-0.05, 0) is 49.8 Å². The van der Waals surface area contributed by atoms with Crippen LogP contribution in [0.25, 0.3) is 0 Å². The minimum Gasteiger partial charge on any atom is -0.349 e. The van der Waals surface area contributed by atoms with Crippen LogP contribution in [0.15, 0.2) is 24.3 Å². The van der Waals surface area contributed by atoms with Crippen molar-refractivity contribution in [1.82, 2.24) is 15.1 Å². The van der Waals surface area contributed by atoms with Gasteiger partial charge in [0.1, 0.15) is 0 Å². The van der Waals surface area contributed by atoms with Gasteiger partial charge < -0.3 is 15.1 Å². The predicted octanol–water partition coefficient (Wildman–Crippen LogP) is 4.59. The van der Waals surface area contributed by atoms with E-state index in [0.29, 0.717) is 37.9 Å². The second kappa shape index (κ2) is 9.71. The van der Waals surface area contributed by atoms with Crippen molar-refractivity contribution in [3.05, 3.63) is 35.4 Å². The molecule has 30 heavy (non-hydrogen) atoms. The highest BCUT2D eigenvalue weighted by Gasteiger charge is 2.33. The van der Waals surface area contributed by atoms with Gasteiger partial charge in [0, 0.05) is 32.1 Å². The molecule has 1 atom stereocenters. The van der Waals surface area contributed by atoms with Gasteiger partial charge in [-0.2, -0.15) is 13.2 Å². The maximum Gasteiger partial charge on any atom is 0.416 e. The minimum atomic E-state index is -4.41. The summed E-state index contributed by atoms with van der Waals surface area (Å²) in [5, 5.41) is 2.96. The molecule has 2 fully saturated rings. The van der Waals surface area contributed by atoms with Crippen LogP contribution in [-0.4, -0.2) is 47.9 Å². The fourth-order valence-electron chi connectivity index (χ4n) is 4.27. The highest BCUT2D eigenvalue weighted by molar-refractivity contribution is 5.80. The predicted molar refractivity (Wildman–Crippen MR) is 108 cm³/mol. The van der Waals surface area contributed by atoms with Crippen LogP contribution in [0.2, 0.25) is 0 Å². The van der Waals surface area contributed by atoms with Crippen molar-refractivity contribution >= 4 is 11.9 Å². The Hall–Kier alpha value is -2.25. The van der Waals surface area contributed by atoms with Gasteiger partial charge in [0.2, 0.25) is 5.91 Å². The molecule has 1 aromatic rings. The summed E-state index contributed by atoms with van der Waals surface area (Å²) in [5.74, 6) is -0.364. The fourth-order valence-corrected chi connectivity index (χ4v) is 4.27. The topological polar surface area (TPSA) is 52.7 Å². The van der Waals surface area contributed by atoms with Gasteiger partial charge in [-0.3, -0.25) is 4.79 Å². The Kier molecular flexibility index (Phi) is 7.26. The van der Waals surface area contributed by atoms with E-state index >= 15 is 0 Å². The van der Waals surface area contributed by atoms with Gasteiger partial charge >= 0.3 is 12.2 Å². The highest BCUT2D eigenvalue weighted by atomic mass is 19.4. The van der Waals surface area contributed by atoms with Crippen molar-refractivity contribution in [2.24, 2.45) is 5.92 Å². The van der Waals surface area contributed by atoms with Gasteiger partial charge in [0.25, 0.3) is 0 Å². The number of alkyl halides is 3. The number of piperidine rings is 1. The third-order valence-electron chi connectivity index (χ3n) is 6.02. The lowest BCUT2D eigenvalue weighted by atomic mass is 9.94. The maximum absolute atomic E-state index is 13.1. The SMILES string of the molecule is CCCC(NC(=O)C1CCN(C(=O)N2CCCC2)CC1)c1cccc(C(F)(F)F)c1. The van der Waals surface area contributed by atoms with Gasteiger partial charge in [0.15, 0.2) is 0 Å². The Labute approximate surface area is 175 Å². The van der Waals surface area contributed by atoms with Gasteiger partial charge in [-0.25, -0.2) is 4.79 Å². The summed E-state index contributed by atoms with van der Waals surface area (Å²) in [7, 11) is 0. The number of halogens is 3. The number of carbonyl (C=O) groups is 2. The van der Waals surface area contributed by atoms with Crippen LogP contribution in [0, 0.1) is 5.92 Å².